The number of ether oxygens (including phenoxy) is 1. The van der Waals surface area contributed by atoms with Crippen LogP contribution in [0.2, 0.25) is 0 Å². The number of aryl methyl sites for hydroxylation is 1. The van der Waals surface area contributed by atoms with Gasteiger partial charge in [0.25, 0.3) is 5.69 Å². The third kappa shape index (κ3) is 5.94. The van der Waals surface area contributed by atoms with E-state index in [1.165, 1.54) is 6.07 Å². The number of nitriles is 1. The molecule has 0 atom stereocenters. The fourth-order valence-electron chi connectivity index (χ4n) is 3.70. The first-order chi connectivity index (χ1) is 17.9. The van der Waals surface area contributed by atoms with Crippen molar-refractivity contribution in [2.45, 2.75) is 11.9 Å². The van der Waals surface area contributed by atoms with Crippen LogP contribution in [0.3, 0.4) is 0 Å². The van der Waals surface area contributed by atoms with Crippen LogP contribution in [0.1, 0.15) is 11.1 Å². The molecular formula is C28H22N4O4S. The Bertz CT molecular complexity index is 1500. The van der Waals surface area contributed by atoms with Crippen LogP contribution >= 0.6 is 11.8 Å². The maximum Gasteiger partial charge on any atom is 0.274 e. The van der Waals surface area contributed by atoms with Crippen molar-refractivity contribution in [2.75, 3.05) is 18.2 Å². The molecule has 0 saturated carbocycles. The fraction of sp³-hybridized carbons (Fsp3) is 0.107. The Morgan fingerprint density at radius 2 is 1.81 bits per heavy atom. The summed E-state index contributed by atoms with van der Waals surface area (Å²) in [6, 6.07) is 25.6. The van der Waals surface area contributed by atoms with E-state index in [2.05, 4.69) is 11.4 Å². The Morgan fingerprint density at radius 3 is 2.46 bits per heavy atom. The Kier molecular flexibility index (Phi) is 7.81. The van der Waals surface area contributed by atoms with Gasteiger partial charge in [-0.1, -0.05) is 48.2 Å². The van der Waals surface area contributed by atoms with Crippen molar-refractivity contribution in [3.8, 4) is 34.2 Å². The lowest BCUT2D eigenvalue weighted by molar-refractivity contribution is -0.385. The average molecular weight is 511 g/mol. The van der Waals surface area contributed by atoms with Gasteiger partial charge in [-0.2, -0.15) is 5.26 Å². The van der Waals surface area contributed by atoms with Crippen molar-refractivity contribution in [1.29, 1.82) is 5.26 Å². The van der Waals surface area contributed by atoms with Crippen molar-refractivity contribution in [2.24, 2.45) is 0 Å². The molecule has 1 amide bonds. The lowest BCUT2D eigenvalue weighted by atomic mass is 9.99. The Morgan fingerprint density at radius 1 is 1.08 bits per heavy atom. The van der Waals surface area contributed by atoms with E-state index in [1.54, 1.807) is 26.2 Å². The first-order valence-electron chi connectivity index (χ1n) is 11.2. The third-order valence-electron chi connectivity index (χ3n) is 5.60. The summed E-state index contributed by atoms with van der Waals surface area (Å²) in [7, 11) is 1.59. The summed E-state index contributed by atoms with van der Waals surface area (Å²) in [4.78, 5) is 28.1. The van der Waals surface area contributed by atoms with E-state index < -0.39 is 4.92 Å². The number of rotatable bonds is 8. The Balaban J connectivity index is 1.65. The molecule has 0 aliphatic heterocycles. The van der Waals surface area contributed by atoms with Gasteiger partial charge >= 0.3 is 0 Å². The number of carbonyl (C=O) groups excluding carboxylic acids is 1. The van der Waals surface area contributed by atoms with Gasteiger partial charge in [-0.25, -0.2) is 4.98 Å². The molecule has 0 radical (unpaired) electrons. The second kappa shape index (κ2) is 11.4. The van der Waals surface area contributed by atoms with Gasteiger partial charge in [0.1, 0.15) is 16.8 Å². The topological polar surface area (TPSA) is 118 Å². The highest BCUT2D eigenvalue weighted by Gasteiger charge is 2.18. The molecule has 1 heterocycles. The van der Waals surface area contributed by atoms with Crippen molar-refractivity contribution < 1.29 is 14.5 Å². The zero-order valence-electron chi connectivity index (χ0n) is 20.1. The minimum Gasteiger partial charge on any atom is -0.497 e. The van der Waals surface area contributed by atoms with E-state index in [9.17, 15) is 20.2 Å². The zero-order chi connectivity index (χ0) is 26.4. The number of benzene rings is 3. The van der Waals surface area contributed by atoms with Crippen LogP contribution in [0.4, 0.5) is 11.4 Å². The quantitative estimate of drug-likeness (QED) is 0.169. The highest BCUT2D eigenvalue weighted by molar-refractivity contribution is 8.00. The number of hydrogen-bond donors (Lipinski definition) is 1. The standard InChI is InChI=1S/C28H22N4O4S/c1-18-8-11-21(14-26(18)32(34)35)30-27(33)17-37-28-24(16-29)23(19-6-4-3-5-7-19)15-25(31-28)20-9-12-22(36-2)13-10-20/h3-15H,17H2,1-2H3,(H,30,33). The van der Waals surface area contributed by atoms with Crippen LogP contribution in [0.25, 0.3) is 22.4 Å². The molecule has 0 spiro atoms. The number of pyridine rings is 1. The molecular weight excluding hydrogens is 488 g/mol. The maximum absolute atomic E-state index is 12.7. The summed E-state index contributed by atoms with van der Waals surface area (Å²) in [6.07, 6.45) is 0. The molecule has 4 rings (SSSR count). The minimum absolute atomic E-state index is 0.0380. The second-order valence-electron chi connectivity index (χ2n) is 8.04. The number of nitro benzene ring substituents is 1. The number of aromatic nitrogens is 1. The van der Waals surface area contributed by atoms with Crippen LogP contribution in [0.15, 0.2) is 83.9 Å². The van der Waals surface area contributed by atoms with E-state index in [4.69, 9.17) is 9.72 Å². The second-order valence-corrected chi connectivity index (χ2v) is 9.00. The number of nitro groups is 1. The van der Waals surface area contributed by atoms with Crippen molar-refractivity contribution in [1.82, 2.24) is 4.98 Å². The SMILES string of the molecule is COc1ccc(-c2cc(-c3ccccc3)c(C#N)c(SCC(=O)Nc3ccc(C)c([N+](=O)[O-])c3)n2)cc1. The molecule has 0 unspecified atom stereocenters. The monoisotopic (exact) mass is 510 g/mol. The molecule has 0 saturated heterocycles. The zero-order valence-corrected chi connectivity index (χ0v) is 20.9. The minimum atomic E-state index is -0.487. The highest BCUT2D eigenvalue weighted by atomic mass is 32.2. The van der Waals surface area contributed by atoms with Crippen molar-refractivity contribution >= 4 is 29.0 Å². The molecule has 37 heavy (non-hydrogen) atoms. The third-order valence-corrected chi connectivity index (χ3v) is 6.57. The lowest BCUT2D eigenvalue weighted by Crippen LogP contribution is -2.14. The molecule has 3 aromatic carbocycles. The molecule has 0 fully saturated rings. The number of nitrogens with zero attached hydrogens (tertiary/aromatic N) is 3. The van der Waals surface area contributed by atoms with Crippen LogP contribution in [0.5, 0.6) is 5.75 Å². The van der Waals surface area contributed by atoms with Gasteiger partial charge in [-0.05, 0) is 48.9 Å². The molecule has 184 valence electrons. The summed E-state index contributed by atoms with van der Waals surface area (Å²) in [6.45, 7) is 1.63. The molecule has 0 aliphatic rings. The Labute approximate surface area is 218 Å². The van der Waals surface area contributed by atoms with Crippen LogP contribution < -0.4 is 10.1 Å². The summed E-state index contributed by atoms with van der Waals surface area (Å²) >= 11 is 1.13. The number of methoxy groups -OCH3 is 1. The number of hydrogen-bond acceptors (Lipinski definition) is 7. The van der Waals surface area contributed by atoms with E-state index in [0.717, 1.165) is 22.9 Å². The molecule has 0 aliphatic carbocycles. The normalized spacial score (nSPS) is 10.4. The fourth-order valence-corrected chi connectivity index (χ4v) is 4.51. The average Bonchev–Trinajstić information content (AvgIpc) is 2.92. The number of nitrogens with one attached hydrogen (secondary N) is 1. The van der Waals surface area contributed by atoms with Gasteiger partial charge in [-0.15, -0.1) is 0 Å². The van der Waals surface area contributed by atoms with Crippen molar-refractivity contribution in [3.05, 3.63) is 100 Å². The van der Waals surface area contributed by atoms with Crippen LogP contribution in [0, 0.1) is 28.4 Å². The number of carbonyl (C=O) groups is 1. The van der Waals surface area contributed by atoms with Crippen LogP contribution in [-0.2, 0) is 4.79 Å². The molecule has 1 aromatic heterocycles. The van der Waals surface area contributed by atoms with Gasteiger partial charge in [0, 0.05) is 28.4 Å². The maximum atomic E-state index is 12.7. The Hall–Kier alpha value is -4.68. The van der Waals surface area contributed by atoms with Gasteiger partial charge in [0.15, 0.2) is 0 Å². The molecule has 8 nitrogen and oxygen atoms in total. The first-order valence-corrected chi connectivity index (χ1v) is 12.2. The largest absolute Gasteiger partial charge is 0.497 e. The number of anilines is 1. The molecule has 9 heteroatoms. The molecule has 4 aromatic rings. The van der Waals surface area contributed by atoms with E-state index in [0.29, 0.717) is 38.8 Å². The van der Waals surface area contributed by atoms with Crippen molar-refractivity contribution in [3.63, 3.8) is 0 Å². The summed E-state index contributed by atoms with van der Waals surface area (Å²) in [5, 5.41) is 24.3. The van der Waals surface area contributed by atoms with Gasteiger partial charge < -0.3 is 10.1 Å². The first kappa shape index (κ1) is 25.4. The summed E-state index contributed by atoms with van der Waals surface area (Å²) < 4.78 is 5.25. The summed E-state index contributed by atoms with van der Waals surface area (Å²) in [5.74, 6) is 0.303. The van der Waals surface area contributed by atoms with E-state index in [-0.39, 0.29) is 17.3 Å². The predicted octanol–water partition coefficient (Wildman–Crippen LogP) is 6.24. The van der Waals surface area contributed by atoms with E-state index in [1.807, 2.05) is 60.7 Å². The lowest BCUT2D eigenvalue weighted by Gasteiger charge is -2.13. The number of amides is 1. The van der Waals surface area contributed by atoms with Gasteiger partial charge in [0.05, 0.1) is 29.0 Å². The smallest absolute Gasteiger partial charge is 0.274 e. The summed E-state index contributed by atoms with van der Waals surface area (Å²) in [5.41, 5.74) is 4.18. The number of thioether (sulfide) groups is 1. The van der Waals surface area contributed by atoms with E-state index >= 15 is 0 Å². The highest BCUT2D eigenvalue weighted by Crippen LogP contribution is 2.34. The van der Waals surface area contributed by atoms with Gasteiger partial charge in [0.2, 0.25) is 5.91 Å². The molecule has 1 N–H and O–H groups in total. The molecule has 0 bridgehead atoms. The van der Waals surface area contributed by atoms with Crippen LogP contribution in [-0.4, -0.2) is 28.7 Å². The van der Waals surface area contributed by atoms with Gasteiger partial charge in [-0.3, -0.25) is 14.9 Å². The predicted molar refractivity (Wildman–Crippen MR) is 144 cm³/mol.